The van der Waals surface area contributed by atoms with Gasteiger partial charge >= 0.3 is 0 Å². The molecular weight excluding hydrogens is 354 g/mol. The quantitative estimate of drug-likeness (QED) is 0.265. The zero-order valence-electron chi connectivity index (χ0n) is 19.1. The van der Waals surface area contributed by atoms with Gasteiger partial charge in [0.1, 0.15) is 6.54 Å². The predicted octanol–water partition coefficient (Wildman–Crippen LogP) is 6.94. The molecule has 0 aliphatic carbocycles. The van der Waals surface area contributed by atoms with Crippen LogP contribution >= 0.6 is 0 Å². The molecule has 0 aromatic heterocycles. The maximum absolute atomic E-state index is 10.3. The fourth-order valence-corrected chi connectivity index (χ4v) is 3.60. The molecular formula is C27H43NO. The minimum absolute atomic E-state index is 0.0718. The van der Waals surface area contributed by atoms with Crippen LogP contribution in [-0.4, -0.2) is 25.1 Å². The third-order valence-electron chi connectivity index (χ3n) is 5.31. The van der Waals surface area contributed by atoms with Crippen molar-refractivity contribution in [2.75, 3.05) is 20.6 Å². The molecule has 2 nitrogen and oxygen atoms in total. The van der Waals surface area contributed by atoms with Crippen LogP contribution in [0.4, 0.5) is 0 Å². The summed E-state index contributed by atoms with van der Waals surface area (Å²) in [6.07, 6.45) is 14.2. The van der Waals surface area contributed by atoms with E-state index in [0.717, 1.165) is 11.0 Å². The molecule has 0 N–H and O–H groups in total. The van der Waals surface area contributed by atoms with Crippen molar-refractivity contribution in [3.8, 4) is 5.75 Å². The summed E-state index contributed by atoms with van der Waals surface area (Å²) >= 11 is 0. The molecule has 0 amide bonds. The van der Waals surface area contributed by atoms with Gasteiger partial charge in [-0.1, -0.05) is 119 Å². The number of rotatable bonds is 13. The highest BCUT2D eigenvalue weighted by Crippen LogP contribution is 2.14. The lowest BCUT2D eigenvalue weighted by Crippen LogP contribution is -2.39. The van der Waals surface area contributed by atoms with E-state index in [0.29, 0.717) is 0 Å². The smallest absolute Gasteiger partial charge is 0.104 e. The van der Waals surface area contributed by atoms with Crippen LogP contribution in [0.5, 0.6) is 5.75 Å². The van der Waals surface area contributed by atoms with Crippen molar-refractivity contribution in [2.45, 2.75) is 77.7 Å². The average Bonchev–Trinajstić information content (AvgIpc) is 2.71. The highest BCUT2D eigenvalue weighted by atomic mass is 16.3. The van der Waals surface area contributed by atoms with Crippen molar-refractivity contribution in [3.63, 3.8) is 0 Å². The zero-order chi connectivity index (χ0) is 21.2. The van der Waals surface area contributed by atoms with Gasteiger partial charge in [0.2, 0.25) is 0 Å². The maximum atomic E-state index is 10.3. The molecule has 0 atom stereocenters. The summed E-state index contributed by atoms with van der Waals surface area (Å²) in [5.41, 5.74) is 1.46. The molecule has 0 unspecified atom stereocenters. The van der Waals surface area contributed by atoms with E-state index in [1.165, 1.54) is 88.4 Å². The Hall–Kier alpha value is -1.80. The van der Waals surface area contributed by atoms with Gasteiger partial charge in [-0.3, -0.25) is 0 Å². The summed E-state index contributed by atoms with van der Waals surface area (Å²) in [6.45, 7) is 4.74. The maximum Gasteiger partial charge on any atom is 0.104 e. The third-order valence-corrected chi connectivity index (χ3v) is 5.31. The molecule has 0 aliphatic rings. The Labute approximate surface area is 180 Å². The second-order valence-corrected chi connectivity index (χ2v) is 8.80. The Balaban J connectivity index is 0.000000502. The number of quaternary nitrogens is 1. The molecule has 0 heterocycles. The molecule has 0 fully saturated rings. The Morgan fingerprint density at radius 1 is 0.621 bits per heavy atom. The van der Waals surface area contributed by atoms with Crippen LogP contribution in [0, 0.1) is 0 Å². The number of hydrogen-bond acceptors (Lipinski definition) is 1. The van der Waals surface area contributed by atoms with Gasteiger partial charge in [0, 0.05) is 5.56 Å². The fourth-order valence-electron chi connectivity index (χ4n) is 3.60. The van der Waals surface area contributed by atoms with Gasteiger partial charge in [-0.15, -0.1) is 5.75 Å². The van der Waals surface area contributed by atoms with Crippen LogP contribution in [-0.2, 0) is 6.54 Å². The summed E-state index contributed by atoms with van der Waals surface area (Å²) in [5, 5.41) is 10.3. The Morgan fingerprint density at radius 3 is 1.52 bits per heavy atom. The zero-order valence-corrected chi connectivity index (χ0v) is 19.1. The minimum atomic E-state index is 0.0718. The molecule has 2 heteroatoms. The lowest BCUT2D eigenvalue weighted by Gasteiger charge is -2.30. The first kappa shape index (κ1) is 25.2. The molecule has 0 saturated heterocycles. The normalized spacial score (nSPS) is 11.0. The van der Waals surface area contributed by atoms with Crippen LogP contribution in [0.2, 0.25) is 0 Å². The summed E-state index contributed by atoms with van der Waals surface area (Å²) < 4.78 is 1.11. The molecule has 0 aliphatic heterocycles. The van der Waals surface area contributed by atoms with Gasteiger partial charge in [0.15, 0.2) is 0 Å². The van der Waals surface area contributed by atoms with Crippen LogP contribution in [0.25, 0.3) is 0 Å². The summed E-state index contributed by atoms with van der Waals surface area (Å²) in [5.74, 6) is 0.0718. The van der Waals surface area contributed by atoms with Crippen LogP contribution in [0.15, 0.2) is 60.7 Å². The van der Waals surface area contributed by atoms with E-state index in [1.807, 2.05) is 6.07 Å². The standard InChI is InChI=1S/C21H38N.C6H6O/c1-4-5-6-7-8-9-10-11-12-16-19-22(2,3)20-21-17-14-13-15-18-21;7-6-4-2-1-3-5-6/h13-15,17-18H,4-12,16,19-20H2,1-3H3;1-5,7H/q+1;/p-1. The van der Waals surface area contributed by atoms with Crippen LogP contribution in [0.3, 0.4) is 0 Å². The molecule has 29 heavy (non-hydrogen) atoms. The van der Waals surface area contributed by atoms with Gasteiger partial charge in [-0.25, -0.2) is 0 Å². The van der Waals surface area contributed by atoms with E-state index in [-0.39, 0.29) is 5.75 Å². The van der Waals surface area contributed by atoms with Gasteiger partial charge in [0.25, 0.3) is 0 Å². The molecule has 0 spiro atoms. The van der Waals surface area contributed by atoms with Gasteiger partial charge in [-0.05, 0) is 12.8 Å². The fraction of sp³-hybridized carbons (Fsp3) is 0.556. The predicted molar refractivity (Wildman–Crippen MR) is 125 cm³/mol. The van der Waals surface area contributed by atoms with Crippen LogP contribution in [0.1, 0.15) is 76.7 Å². The van der Waals surface area contributed by atoms with Crippen LogP contribution < -0.4 is 5.11 Å². The van der Waals surface area contributed by atoms with Gasteiger partial charge < -0.3 is 9.59 Å². The Bertz CT molecular complexity index is 594. The second kappa shape index (κ2) is 16.0. The Kier molecular flexibility index (Phi) is 14.0. The van der Waals surface area contributed by atoms with Gasteiger partial charge in [-0.2, -0.15) is 0 Å². The summed E-state index contributed by atoms with van der Waals surface area (Å²) in [7, 11) is 4.72. The first-order valence-electron chi connectivity index (χ1n) is 11.6. The summed E-state index contributed by atoms with van der Waals surface area (Å²) in [4.78, 5) is 0. The van der Waals surface area contributed by atoms with Crippen molar-refractivity contribution in [2.24, 2.45) is 0 Å². The molecule has 162 valence electrons. The minimum Gasteiger partial charge on any atom is -0.872 e. The second-order valence-electron chi connectivity index (χ2n) is 8.80. The topological polar surface area (TPSA) is 23.1 Å². The summed E-state index contributed by atoms with van der Waals surface area (Å²) in [6, 6.07) is 19.2. The van der Waals surface area contributed by atoms with Gasteiger partial charge in [0.05, 0.1) is 20.6 Å². The number of hydrogen-bond donors (Lipinski definition) is 0. The molecule has 0 radical (unpaired) electrons. The number of nitrogens with zero attached hydrogens (tertiary/aromatic N) is 1. The highest BCUT2D eigenvalue weighted by molar-refractivity contribution is 5.17. The van der Waals surface area contributed by atoms with E-state index in [4.69, 9.17) is 0 Å². The van der Waals surface area contributed by atoms with E-state index >= 15 is 0 Å². The third kappa shape index (κ3) is 14.8. The first-order chi connectivity index (χ1) is 14.0. The lowest BCUT2D eigenvalue weighted by molar-refractivity contribution is -0.903. The van der Waals surface area contributed by atoms with E-state index < -0.39 is 0 Å². The number of para-hydroxylation sites is 1. The first-order valence-corrected chi connectivity index (χ1v) is 11.6. The molecule has 2 aromatic carbocycles. The van der Waals surface area contributed by atoms with E-state index in [9.17, 15) is 5.11 Å². The number of benzene rings is 2. The number of unbranched alkanes of at least 4 members (excludes halogenated alkanes) is 9. The van der Waals surface area contributed by atoms with E-state index in [1.54, 1.807) is 12.1 Å². The van der Waals surface area contributed by atoms with Crippen molar-refractivity contribution in [1.82, 2.24) is 0 Å². The lowest BCUT2D eigenvalue weighted by atomic mass is 10.1. The molecule has 2 rings (SSSR count). The Morgan fingerprint density at radius 2 is 1.07 bits per heavy atom. The SMILES string of the molecule is CCCCCCCCCCCC[N+](C)(C)Cc1ccccc1.[O-]c1ccccc1. The van der Waals surface area contributed by atoms with Crippen molar-refractivity contribution in [1.29, 1.82) is 0 Å². The average molecular weight is 398 g/mol. The monoisotopic (exact) mass is 397 g/mol. The van der Waals surface area contributed by atoms with Crippen molar-refractivity contribution >= 4 is 0 Å². The molecule has 0 saturated carbocycles. The highest BCUT2D eigenvalue weighted by Gasteiger charge is 2.14. The van der Waals surface area contributed by atoms with E-state index in [2.05, 4.69) is 51.4 Å². The molecule has 2 aromatic rings. The van der Waals surface area contributed by atoms with Crippen molar-refractivity contribution < 1.29 is 9.59 Å². The largest absolute Gasteiger partial charge is 0.872 e. The molecule has 0 bridgehead atoms. The van der Waals surface area contributed by atoms with Crippen molar-refractivity contribution in [3.05, 3.63) is 66.2 Å².